The van der Waals surface area contributed by atoms with Gasteiger partial charge in [0.1, 0.15) is 5.75 Å². The van der Waals surface area contributed by atoms with Crippen molar-refractivity contribution in [2.45, 2.75) is 32.9 Å². The van der Waals surface area contributed by atoms with E-state index >= 15 is 0 Å². The molecule has 2 unspecified atom stereocenters. The third-order valence-corrected chi connectivity index (χ3v) is 4.10. The van der Waals surface area contributed by atoms with Crippen LogP contribution in [-0.2, 0) is 0 Å². The van der Waals surface area contributed by atoms with Gasteiger partial charge in [0.15, 0.2) is 0 Å². The number of ether oxygens (including phenoxy) is 1. The van der Waals surface area contributed by atoms with Crippen molar-refractivity contribution in [1.29, 1.82) is 0 Å². The molecule has 0 saturated heterocycles. The van der Waals surface area contributed by atoms with Gasteiger partial charge in [-0.15, -0.1) is 0 Å². The highest BCUT2D eigenvalue weighted by Crippen LogP contribution is 2.28. The first kappa shape index (κ1) is 14.1. The fourth-order valence-corrected chi connectivity index (χ4v) is 3.01. The number of nitrogens with one attached hydrogen (secondary N) is 1. The predicted molar refractivity (Wildman–Crippen MR) is 82.0 cm³/mol. The summed E-state index contributed by atoms with van der Waals surface area (Å²) in [5.41, 5.74) is 3.76. The Labute approximate surface area is 119 Å². The van der Waals surface area contributed by atoms with Crippen LogP contribution in [-0.4, -0.2) is 7.11 Å². The molecule has 0 bridgehead atoms. The second-order valence-corrected chi connectivity index (χ2v) is 5.69. The van der Waals surface area contributed by atoms with Crippen molar-refractivity contribution >= 4 is 11.3 Å². The number of benzene rings is 1. The highest BCUT2D eigenvalue weighted by atomic mass is 32.1. The van der Waals surface area contributed by atoms with Gasteiger partial charge in [0.25, 0.3) is 0 Å². The van der Waals surface area contributed by atoms with Gasteiger partial charge in [-0.3, -0.25) is 0 Å². The number of methoxy groups -OCH3 is 1. The van der Waals surface area contributed by atoms with E-state index in [0.29, 0.717) is 6.04 Å². The second-order valence-electron chi connectivity index (χ2n) is 4.91. The molecule has 0 amide bonds. The molecule has 1 aromatic carbocycles. The zero-order valence-electron chi connectivity index (χ0n) is 11.9. The van der Waals surface area contributed by atoms with Crippen LogP contribution in [0.15, 0.2) is 35.0 Å². The van der Waals surface area contributed by atoms with E-state index in [1.807, 2.05) is 0 Å². The molecule has 0 spiro atoms. The highest BCUT2D eigenvalue weighted by molar-refractivity contribution is 7.07. The van der Waals surface area contributed by atoms with Crippen LogP contribution in [0, 0.1) is 6.92 Å². The average molecular weight is 275 g/mol. The standard InChI is InChI=1S/C16H21NOS/c1-11-5-6-15(16(9-11)18-4)13(3)17-12(2)14-7-8-19-10-14/h5-10,12-13,17H,1-4H3. The molecule has 102 valence electrons. The van der Waals surface area contributed by atoms with E-state index in [1.54, 1.807) is 18.4 Å². The number of thiophene rings is 1. The average Bonchev–Trinajstić information content (AvgIpc) is 2.92. The van der Waals surface area contributed by atoms with Crippen molar-refractivity contribution in [3.63, 3.8) is 0 Å². The van der Waals surface area contributed by atoms with E-state index in [1.165, 1.54) is 16.7 Å². The first-order valence-corrected chi connectivity index (χ1v) is 7.48. The number of aryl methyl sites for hydroxylation is 1. The summed E-state index contributed by atoms with van der Waals surface area (Å²) in [4.78, 5) is 0. The normalized spacial score (nSPS) is 14.1. The van der Waals surface area contributed by atoms with Gasteiger partial charge in [-0.25, -0.2) is 0 Å². The zero-order chi connectivity index (χ0) is 13.8. The van der Waals surface area contributed by atoms with Crippen LogP contribution in [0.4, 0.5) is 0 Å². The van der Waals surface area contributed by atoms with Gasteiger partial charge < -0.3 is 10.1 Å². The molecular formula is C16H21NOS. The summed E-state index contributed by atoms with van der Waals surface area (Å²) in [6.45, 7) is 6.45. The molecule has 0 aliphatic heterocycles. The maximum atomic E-state index is 5.48. The smallest absolute Gasteiger partial charge is 0.123 e. The number of hydrogen-bond acceptors (Lipinski definition) is 3. The third-order valence-electron chi connectivity index (χ3n) is 3.40. The summed E-state index contributed by atoms with van der Waals surface area (Å²) in [5, 5.41) is 7.93. The molecule has 0 fully saturated rings. The highest BCUT2D eigenvalue weighted by Gasteiger charge is 2.15. The quantitative estimate of drug-likeness (QED) is 0.869. The third kappa shape index (κ3) is 3.37. The molecule has 0 radical (unpaired) electrons. The van der Waals surface area contributed by atoms with Gasteiger partial charge in [0.2, 0.25) is 0 Å². The minimum absolute atomic E-state index is 0.255. The SMILES string of the molecule is COc1cc(C)ccc1C(C)NC(C)c1ccsc1. The first-order valence-electron chi connectivity index (χ1n) is 6.54. The van der Waals surface area contributed by atoms with Crippen LogP contribution in [0.2, 0.25) is 0 Å². The van der Waals surface area contributed by atoms with Crippen molar-refractivity contribution in [2.24, 2.45) is 0 Å². The summed E-state index contributed by atoms with van der Waals surface area (Å²) in [6, 6.07) is 9.12. The molecule has 2 atom stereocenters. The van der Waals surface area contributed by atoms with Crippen molar-refractivity contribution in [3.05, 3.63) is 51.7 Å². The van der Waals surface area contributed by atoms with E-state index in [9.17, 15) is 0 Å². The lowest BCUT2D eigenvalue weighted by Gasteiger charge is -2.22. The van der Waals surface area contributed by atoms with Crippen molar-refractivity contribution in [1.82, 2.24) is 5.32 Å². The molecule has 2 nitrogen and oxygen atoms in total. The van der Waals surface area contributed by atoms with Gasteiger partial charge >= 0.3 is 0 Å². The fourth-order valence-electron chi connectivity index (χ4n) is 2.26. The number of rotatable bonds is 5. The molecule has 3 heteroatoms. The Kier molecular flexibility index (Phi) is 4.61. The largest absolute Gasteiger partial charge is 0.496 e. The minimum Gasteiger partial charge on any atom is -0.496 e. The van der Waals surface area contributed by atoms with E-state index < -0.39 is 0 Å². The fraction of sp³-hybridized carbons (Fsp3) is 0.375. The second kappa shape index (κ2) is 6.22. The van der Waals surface area contributed by atoms with E-state index in [2.05, 4.69) is 61.1 Å². The monoisotopic (exact) mass is 275 g/mol. The van der Waals surface area contributed by atoms with Crippen LogP contribution >= 0.6 is 11.3 Å². The van der Waals surface area contributed by atoms with E-state index in [4.69, 9.17) is 4.74 Å². The Bertz CT molecular complexity index is 522. The molecule has 19 heavy (non-hydrogen) atoms. The Morgan fingerprint density at radius 2 is 1.95 bits per heavy atom. The molecule has 0 aliphatic rings. The summed E-state index contributed by atoms with van der Waals surface area (Å²) in [6.07, 6.45) is 0. The summed E-state index contributed by atoms with van der Waals surface area (Å²) >= 11 is 1.74. The van der Waals surface area contributed by atoms with Crippen LogP contribution in [0.1, 0.15) is 42.6 Å². The molecular weight excluding hydrogens is 254 g/mol. The lowest BCUT2D eigenvalue weighted by atomic mass is 10.0. The molecule has 0 saturated carbocycles. The van der Waals surface area contributed by atoms with Gasteiger partial charge in [0.05, 0.1) is 7.11 Å². The Hall–Kier alpha value is -1.32. The van der Waals surface area contributed by atoms with Crippen molar-refractivity contribution in [3.8, 4) is 5.75 Å². The van der Waals surface area contributed by atoms with Gasteiger partial charge in [-0.05, 0) is 54.8 Å². The zero-order valence-corrected chi connectivity index (χ0v) is 12.8. The van der Waals surface area contributed by atoms with Crippen LogP contribution in [0.25, 0.3) is 0 Å². The minimum atomic E-state index is 0.255. The van der Waals surface area contributed by atoms with E-state index in [0.717, 1.165) is 5.75 Å². The Morgan fingerprint density at radius 1 is 1.16 bits per heavy atom. The van der Waals surface area contributed by atoms with Gasteiger partial charge in [0, 0.05) is 17.6 Å². The Balaban J connectivity index is 2.13. The van der Waals surface area contributed by atoms with E-state index in [-0.39, 0.29) is 6.04 Å². The van der Waals surface area contributed by atoms with Crippen LogP contribution in [0.3, 0.4) is 0 Å². The topological polar surface area (TPSA) is 21.3 Å². The molecule has 0 aliphatic carbocycles. The predicted octanol–water partition coefficient (Wildman–Crippen LogP) is 4.48. The number of hydrogen-bond donors (Lipinski definition) is 1. The van der Waals surface area contributed by atoms with Gasteiger partial charge in [-0.1, -0.05) is 12.1 Å². The maximum absolute atomic E-state index is 5.48. The first-order chi connectivity index (χ1) is 9.11. The molecule has 1 aromatic heterocycles. The van der Waals surface area contributed by atoms with Crippen molar-refractivity contribution < 1.29 is 4.74 Å². The van der Waals surface area contributed by atoms with Crippen molar-refractivity contribution in [2.75, 3.05) is 7.11 Å². The summed E-state index contributed by atoms with van der Waals surface area (Å²) in [5.74, 6) is 0.956. The Morgan fingerprint density at radius 3 is 2.58 bits per heavy atom. The lowest BCUT2D eigenvalue weighted by Crippen LogP contribution is -2.22. The summed E-state index contributed by atoms with van der Waals surface area (Å²) < 4.78 is 5.48. The van der Waals surface area contributed by atoms with Crippen LogP contribution < -0.4 is 10.1 Å². The lowest BCUT2D eigenvalue weighted by molar-refractivity contribution is 0.396. The van der Waals surface area contributed by atoms with Gasteiger partial charge in [-0.2, -0.15) is 11.3 Å². The molecule has 2 rings (SSSR count). The van der Waals surface area contributed by atoms with Crippen LogP contribution in [0.5, 0.6) is 5.75 Å². The summed E-state index contributed by atoms with van der Waals surface area (Å²) in [7, 11) is 1.73. The molecule has 2 aromatic rings. The maximum Gasteiger partial charge on any atom is 0.123 e. The molecule has 1 heterocycles. The molecule has 1 N–H and O–H groups in total.